The minimum atomic E-state index is 0.145. The van der Waals surface area contributed by atoms with Crippen LogP contribution in [0, 0.1) is 13.8 Å². The van der Waals surface area contributed by atoms with Gasteiger partial charge in [0.15, 0.2) is 5.13 Å². The fraction of sp³-hybridized carbons (Fsp3) is 0.500. The summed E-state index contributed by atoms with van der Waals surface area (Å²) < 4.78 is 2.07. The third-order valence-corrected chi connectivity index (χ3v) is 5.04. The zero-order valence-corrected chi connectivity index (χ0v) is 14.2. The van der Waals surface area contributed by atoms with Crippen molar-refractivity contribution in [3.63, 3.8) is 0 Å². The number of carbonyl (C=O) groups excluding carboxylic acids is 1. The van der Waals surface area contributed by atoms with Gasteiger partial charge in [0.1, 0.15) is 0 Å². The molecule has 0 spiro atoms. The van der Waals surface area contributed by atoms with Gasteiger partial charge in [0, 0.05) is 42.6 Å². The van der Waals surface area contributed by atoms with Crippen LogP contribution in [0.4, 0.5) is 0 Å². The fourth-order valence-electron chi connectivity index (χ4n) is 3.02. The standard InChI is InChI=1S/C16H22N4OS/c1-12-11-14(13(2)20(12)16-17-5-10-22-16)15(21)19-7-4-6-18(3)8-9-19/h5,10-11H,4,6-9H2,1-3H3. The maximum atomic E-state index is 12.9. The molecule has 0 unspecified atom stereocenters. The average molecular weight is 318 g/mol. The first-order valence-corrected chi connectivity index (χ1v) is 8.52. The number of likely N-dealkylation sites (N-methyl/N-ethyl adjacent to an activating group) is 1. The van der Waals surface area contributed by atoms with Crippen molar-refractivity contribution in [1.82, 2.24) is 19.4 Å². The number of amides is 1. The van der Waals surface area contributed by atoms with Gasteiger partial charge >= 0.3 is 0 Å². The second-order valence-electron chi connectivity index (χ2n) is 5.88. The predicted octanol–water partition coefficient (Wildman–Crippen LogP) is 2.33. The van der Waals surface area contributed by atoms with Crippen LogP contribution in [0.15, 0.2) is 17.6 Å². The Balaban J connectivity index is 1.89. The van der Waals surface area contributed by atoms with Gasteiger partial charge in [-0.3, -0.25) is 9.36 Å². The van der Waals surface area contributed by atoms with Crippen LogP contribution in [-0.2, 0) is 0 Å². The molecule has 0 radical (unpaired) electrons. The molecule has 3 rings (SSSR count). The highest BCUT2D eigenvalue weighted by molar-refractivity contribution is 7.12. The molecule has 1 fully saturated rings. The Labute approximate surface area is 135 Å². The van der Waals surface area contributed by atoms with E-state index in [2.05, 4.69) is 21.5 Å². The monoisotopic (exact) mass is 318 g/mol. The van der Waals surface area contributed by atoms with Crippen molar-refractivity contribution in [2.45, 2.75) is 20.3 Å². The number of aryl methyl sites for hydroxylation is 1. The predicted molar refractivity (Wildman–Crippen MR) is 88.9 cm³/mol. The molecule has 0 N–H and O–H groups in total. The lowest BCUT2D eigenvalue weighted by Crippen LogP contribution is -2.34. The first-order valence-electron chi connectivity index (χ1n) is 7.64. The Hall–Kier alpha value is -1.66. The molecular weight excluding hydrogens is 296 g/mol. The maximum Gasteiger partial charge on any atom is 0.255 e. The first-order chi connectivity index (χ1) is 10.6. The van der Waals surface area contributed by atoms with E-state index in [0.717, 1.165) is 54.7 Å². The molecule has 6 heteroatoms. The van der Waals surface area contributed by atoms with Crippen LogP contribution in [0.25, 0.3) is 5.13 Å². The van der Waals surface area contributed by atoms with Crippen LogP contribution >= 0.6 is 11.3 Å². The summed E-state index contributed by atoms with van der Waals surface area (Å²) in [6.07, 6.45) is 2.83. The molecule has 2 aromatic rings. The van der Waals surface area contributed by atoms with E-state index < -0.39 is 0 Å². The lowest BCUT2D eigenvalue weighted by atomic mass is 10.2. The topological polar surface area (TPSA) is 41.4 Å². The molecule has 1 aliphatic rings. The van der Waals surface area contributed by atoms with Crippen molar-refractivity contribution < 1.29 is 4.79 Å². The van der Waals surface area contributed by atoms with E-state index in [1.807, 2.05) is 30.2 Å². The maximum absolute atomic E-state index is 12.9. The molecule has 0 aromatic carbocycles. The van der Waals surface area contributed by atoms with Crippen LogP contribution in [0.1, 0.15) is 28.2 Å². The van der Waals surface area contributed by atoms with Crippen LogP contribution in [0.2, 0.25) is 0 Å². The smallest absolute Gasteiger partial charge is 0.255 e. The van der Waals surface area contributed by atoms with E-state index in [1.165, 1.54) is 0 Å². The number of hydrogen-bond acceptors (Lipinski definition) is 4. The van der Waals surface area contributed by atoms with Gasteiger partial charge in [0.25, 0.3) is 5.91 Å². The van der Waals surface area contributed by atoms with Crippen LogP contribution in [-0.4, -0.2) is 58.5 Å². The van der Waals surface area contributed by atoms with Gasteiger partial charge in [0.2, 0.25) is 0 Å². The Morgan fingerprint density at radius 3 is 2.77 bits per heavy atom. The van der Waals surface area contributed by atoms with Gasteiger partial charge in [-0.15, -0.1) is 11.3 Å². The average Bonchev–Trinajstić information content (AvgIpc) is 3.03. The van der Waals surface area contributed by atoms with Gasteiger partial charge in [-0.2, -0.15) is 0 Å². The van der Waals surface area contributed by atoms with Crippen molar-refractivity contribution in [2.24, 2.45) is 0 Å². The number of carbonyl (C=O) groups is 1. The second-order valence-corrected chi connectivity index (χ2v) is 6.76. The van der Waals surface area contributed by atoms with Crippen molar-refractivity contribution in [3.05, 3.63) is 34.6 Å². The number of nitrogens with zero attached hydrogens (tertiary/aromatic N) is 4. The molecule has 0 bridgehead atoms. The summed E-state index contributed by atoms with van der Waals surface area (Å²) in [7, 11) is 2.11. The van der Waals surface area contributed by atoms with Crippen LogP contribution in [0.5, 0.6) is 0 Å². The number of aromatic nitrogens is 2. The van der Waals surface area contributed by atoms with Gasteiger partial charge < -0.3 is 9.80 Å². The highest BCUT2D eigenvalue weighted by Gasteiger charge is 2.23. The molecule has 3 heterocycles. The molecule has 0 atom stereocenters. The number of thiazole rings is 1. The third kappa shape index (κ3) is 2.80. The molecule has 0 aliphatic carbocycles. The summed E-state index contributed by atoms with van der Waals surface area (Å²) in [4.78, 5) is 21.5. The quantitative estimate of drug-likeness (QED) is 0.853. The fourth-order valence-corrected chi connectivity index (χ4v) is 3.77. The molecule has 1 amide bonds. The number of rotatable bonds is 2. The zero-order chi connectivity index (χ0) is 15.7. The van der Waals surface area contributed by atoms with Gasteiger partial charge in [-0.1, -0.05) is 0 Å². The van der Waals surface area contributed by atoms with E-state index in [4.69, 9.17) is 0 Å². The van der Waals surface area contributed by atoms with Crippen molar-refractivity contribution >= 4 is 17.2 Å². The summed E-state index contributed by atoms with van der Waals surface area (Å²) in [6.45, 7) is 7.67. The van der Waals surface area contributed by atoms with Crippen molar-refractivity contribution in [1.29, 1.82) is 0 Å². The summed E-state index contributed by atoms with van der Waals surface area (Å²) >= 11 is 1.59. The molecule has 5 nitrogen and oxygen atoms in total. The third-order valence-electron chi connectivity index (χ3n) is 4.28. The van der Waals surface area contributed by atoms with Crippen molar-refractivity contribution in [2.75, 3.05) is 33.2 Å². The number of hydrogen-bond donors (Lipinski definition) is 0. The van der Waals surface area contributed by atoms with Gasteiger partial charge in [-0.05, 0) is 39.9 Å². The molecule has 1 aliphatic heterocycles. The first kappa shape index (κ1) is 15.2. The van der Waals surface area contributed by atoms with E-state index in [9.17, 15) is 4.79 Å². The minimum absolute atomic E-state index is 0.145. The summed E-state index contributed by atoms with van der Waals surface area (Å²) in [5.74, 6) is 0.145. The highest BCUT2D eigenvalue weighted by atomic mass is 32.1. The summed E-state index contributed by atoms with van der Waals surface area (Å²) in [5, 5.41) is 2.88. The molecule has 0 saturated carbocycles. The normalized spacial score (nSPS) is 16.8. The molecule has 2 aromatic heterocycles. The van der Waals surface area contributed by atoms with E-state index >= 15 is 0 Å². The Bertz CT molecular complexity index is 662. The highest BCUT2D eigenvalue weighted by Crippen LogP contribution is 2.23. The lowest BCUT2D eigenvalue weighted by Gasteiger charge is -2.20. The van der Waals surface area contributed by atoms with E-state index in [0.29, 0.717) is 0 Å². The van der Waals surface area contributed by atoms with E-state index in [-0.39, 0.29) is 5.91 Å². The molecule has 1 saturated heterocycles. The summed E-state index contributed by atoms with van der Waals surface area (Å²) in [6, 6.07) is 1.99. The van der Waals surface area contributed by atoms with Crippen molar-refractivity contribution in [3.8, 4) is 5.13 Å². The Morgan fingerprint density at radius 1 is 1.23 bits per heavy atom. The van der Waals surface area contributed by atoms with Gasteiger partial charge in [-0.25, -0.2) is 4.98 Å². The molecule has 22 heavy (non-hydrogen) atoms. The summed E-state index contributed by atoms with van der Waals surface area (Å²) in [5.41, 5.74) is 2.84. The Morgan fingerprint density at radius 2 is 2.05 bits per heavy atom. The molecular formula is C16H22N4OS. The molecule has 118 valence electrons. The largest absolute Gasteiger partial charge is 0.337 e. The Kier molecular flexibility index (Phi) is 4.31. The second kappa shape index (κ2) is 6.22. The minimum Gasteiger partial charge on any atom is -0.337 e. The lowest BCUT2D eigenvalue weighted by molar-refractivity contribution is 0.0762. The van der Waals surface area contributed by atoms with Gasteiger partial charge in [0.05, 0.1) is 5.56 Å². The van der Waals surface area contributed by atoms with Crippen LogP contribution < -0.4 is 0 Å². The SMILES string of the molecule is Cc1cc(C(=O)N2CCCN(C)CC2)c(C)n1-c1nccs1. The van der Waals surface area contributed by atoms with E-state index in [1.54, 1.807) is 17.5 Å². The van der Waals surface area contributed by atoms with Crippen LogP contribution in [0.3, 0.4) is 0 Å². The zero-order valence-electron chi connectivity index (χ0n) is 13.4.